The zero-order valence-corrected chi connectivity index (χ0v) is 8.32. The van der Waals surface area contributed by atoms with Crippen LogP contribution in [0.5, 0.6) is 0 Å². The van der Waals surface area contributed by atoms with Crippen LogP contribution in [0, 0.1) is 5.41 Å². The smallest absolute Gasteiger partial charge is 0.0200 e. The molecule has 0 saturated carbocycles. The molecule has 0 aromatic carbocycles. The van der Waals surface area contributed by atoms with Crippen LogP contribution in [0.15, 0.2) is 12.2 Å². The van der Waals surface area contributed by atoms with Crippen molar-refractivity contribution in [3.63, 3.8) is 0 Å². The molecule has 56 valence electrons. The number of hydrogen-bond acceptors (Lipinski definition) is 0. The van der Waals surface area contributed by atoms with E-state index in [1.165, 1.54) is 0 Å². The lowest BCUT2D eigenvalue weighted by atomic mass is 9.97. The summed E-state index contributed by atoms with van der Waals surface area (Å²) < 4.78 is 0. The van der Waals surface area contributed by atoms with Gasteiger partial charge in [-0.1, -0.05) is 32.9 Å². The fourth-order valence-corrected chi connectivity index (χ4v) is 0.558. The van der Waals surface area contributed by atoms with Crippen LogP contribution in [0.3, 0.4) is 0 Å². The average molecular weight is 167 g/mol. The molecule has 0 aliphatic heterocycles. The molecular weight excluding hydrogens is 151 g/mol. The van der Waals surface area contributed by atoms with Crippen LogP contribution in [0.1, 0.15) is 20.8 Å². The van der Waals surface area contributed by atoms with Crippen LogP contribution >= 0.6 is 21.6 Å². The minimum absolute atomic E-state index is 0. The molecule has 0 saturated heterocycles. The molecule has 0 radical (unpaired) electrons. The molecule has 0 N–H and O–H groups in total. The summed E-state index contributed by atoms with van der Waals surface area (Å²) in [6, 6.07) is 0. The predicted molar refractivity (Wildman–Crippen MR) is 50.4 cm³/mol. The molecule has 0 nitrogen and oxygen atoms in total. The number of halogens is 1. The van der Waals surface area contributed by atoms with Gasteiger partial charge in [-0.15, -0.1) is 21.6 Å². The van der Waals surface area contributed by atoms with Gasteiger partial charge in [0.2, 0.25) is 0 Å². The second kappa shape index (κ2) is 5.26. The van der Waals surface area contributed by atoms with Crippen molar-refractivity contribution in [2.24, 2.45) is 5.41 Å². The monoisotopic (exact) mass is 166 g/mol. The molecule has 9 heavy (non-hydrogen) atoms. The van der Waals surface area contributed by atoms with E-state index in [-0.39, 0.29) is 12.4 Å². The fourth-order valence-electron chi connectivity index (χ4n) is 0.422. The first-order valence-electron chi connectivity index (χ1n) is 2.94. The van der Waals surface area contributed by atoms with Crippen LogP contribution in [0.25, 0.3) is 0 Å². The summed E-state index contributed by atoms with van der Waals surface area (Å²) in [6.07, 6.45) is 5.46. The lowest BCUT2D eigenvalue weighted by Gasteiger charge is -2.10. The van der Waals surface area contributed by atoms with E-state index < -0.39 is 0 Å². The maximum absolute atomic E-state index is 2.67. The maximum atomic E-state index is 2.67. The van der Waals surface area contributed by atoms with E-state index in [4.69, 9.17) is 0 Å². The van der Waals surface area contributed by atoms with Crippen LogP contribution in [-0.2, 0) is 0 Å². The molecule has 0 heterocycles. The largest absolute Gasteiger partial charge is 0.147 e. The number of allylic oxidation sites excluding steroid dienone is 2. The van der Waals surface area contributed by atoms with Crippen molar-refractivity contribution in [2.75, 3.05) is 6.16 Å². The summed E-state index contributed by atoms with van der Waals surface area (Å²) in [4.78, 5) is 0. The second-order valence-corrected chi connectivity index (χ2v) is 3.48. The molecule has 0 aliphatic rings. The standard InChI is InChI=1S/C7H15P.ClH/c1-7(2,3)5-4-6-8;/h4-5H,6,8H2,1-3H3;1H. The SMILES string of the molecule is CC(C)(C)C=CCP.Cl. The number of hydrogen-bond donors (Lipinski definition) is 0. The van der Waals surface area contributed by atoms with Gasteiger partial charge in [-0.25, -0.2) is 0 Å². The Morgan fingerprint density at radius 2 is 1.78 bits per heavy atom. The Labute approximate surface area is 66.7 Å². The van der Waals surface area contributed by atoms with Crippen molar-refractivity contribution in [1.29, 1.82) is 0 Å². The van der Waals surface area contributed by atoms with Crippen molar-refractivity contribution < 1.29 is 0 Å². The van der Waals surface area contributed by atoms with Crippen molar-refractivity contribution in [3.8, 4) is 0 Å². The third kappa shape index (κ3) is 11.8. The summed E-state index contributed by atoms with van der Waals surface area (Å²) in [5, 5.41) is 0. The molecule has 1 unspecified atom stereocenters. The number of rotatable bonds is 1. The first-order chi connectivity index (χ1) is 3.56. The van der Waals surface area contributed by atoms with Gasteiger partial charge in [0.15, 0.2) is 0 Å². The maximum Gasteiger partial charge on any atom is -0.0200 e. The predicted octanol–water partition coefficient (Wildman–Crippen LogP) is 2.89. The van der Waals surface area contributed by atoms with Gasteiger partial charge in [0.05, 0.1) is 0 Å². The molecule has 0 rings (SSSR count). The first kappa shape index (κ1) is 12.2. The zero-order valence-electron chi connectivity index (χ0n) is 6.35. The molecule has 2 heteroatoms. The lowest BCUT2D eigenvalue weighted by molar-refractivity contribution is 0.543. The van der Waals surface area contributed by atoms with Crippen molar-refractivity contribution in [3.05, 3.63) is 12.2 Å². The van der Waals surface area contributed by atoms with Gasteiger partial charge in [-0.3, -0.25) is 0 Å². The molecule has 0 fully saturated rings. The molecule has 0 amide bonds. The summed E-state index contributed by atoms with van der Waals surface area (Å²) in [5.74, 6) is 0. The Morgan fingerprint density at radius 3 is 1.89 bits per heavy atom. The molecule has 0 spiro atoms. The van der Waals surface area contributed by atoms with Gasteiger partial charge in [0.25, 0.3) is 0 Å². The molecular formula is C7H16ClP. The minimum Gasteiger partial charge on any atom is -0.147 e. The van der Waals surface area contributed by atoms with E-state index in [2.05, 4.69) is 42.2 Å². The molecule has 0 bridgehead atoms. The van der Waals surface area contributed by atoms with E-state index in [1.54, 1.807) is 0 Å². The minimum atomic E-state index is 0. The molecule has 0 aliphatic carbocycles. The van der Waals surface area contributed by atoms with Crippen molar-refractivity contribution in [2.45, 2.75) is 20.8 Å². The highest BCUT2D eigenvalue weighted by atomic mass is 35.5. The Morgan fingerprint density at radius 1 is 1.33 bits per heavy atom. The second-order valence-electron chi connectivity index (χ2n) is 3.00. The quantitative estimate of drug-likeness (QED) is 0.415. The third-order valence-electron chi connectivity index (χ3n) is 0.754. The molecule has 1 atom stereocenters. The van der Waals surface area contributed by atoms with Gasteiger partial charge in [-0.05, 0) is 11.6 Å². The van der Waals surface area contributed by atoms with E-state index >= 15 is 0 Å². The summed E-state index contributed by atoms with van der Waals surface area (Å²) in [7, 11) is 2.67. The zero-order chi connectivity index (χ0) is 6.62. The van der Waals surface area contributed by atoms with Gasteiger partial charge < -0.3 is 0 Å². The van der Waals surface area contributed by atoms with Crippen LogP contribution in [0.2, 0.25) is 0 Å². The van der Waals surface area contributed by atoms with E-state index in [1.807, 2.05) is 0 Å². The lowest BCUT2D eigenvalue weighted by Crippen LogP contribution is -1.97. The van der Waals surface area contributed by atoms with E-state index in [0.717, 1.165) is 6.16 Å². The highest BCUT2D eigenvalue weighted by Gasteiger charge is 2.01. The molecule has 0 aromatic heterocycles. The Kier molecular flexibility index (Phi) is 7.11. The highest BCUT2D eigenvalue weighted by Crippen LogP contribution is 2.14. The molecule has 0 aromatic rings. The van der Waals surface area contributed by atoms with Crippen LogP contribution < -0.4 is 0 Å². The summed E-state index contributed by atoms with van der Waals surface area (Å²) in [5.41, 5.74) is 0.358. The summed E-state index contributed by atoms with van der Waals surface area (Å²) in [6.45, 7) is 6.59. The topological polar surface area (TPSA) is 0 Å². The van der Waals surface area contributed by atoms with Gasteiger partial charge in [-0.2, -0.15) is 0 Å². The van der Waals surface area contributed by atoms with Gasteiger partial charge in [0, 0.05) is 0 Å². The third-order valence-corrected chi connectivity index (χ3v) is 1.03. The average Bonchev–Trinajstić information content (AvgIpc) is 1.59. The fraction of sp³-hybridized carbons (Fsp3) is 0.714. The van der Waals surface area contributed by atoms with Crippen LogP contribution in [0.4, 0.5) is 0 Å². The van der Waals surface area contributed by atoms with Crippen molar-refractivity contribution in [1.82, 2.24) is 0 Å². The Bertz CT molecular complexity index is 81.4. The van der Waals surface area contributed by atoms with Gasteiger partial charge >= 0.3 is 0 Å². The van der Waals surface area contributed by atoms with E-state index in [0.29, 0.717) is 5.41 Å². The van der Waals surface area contributed by atoms with Gasteiger partial charge in [0.1, 0.15) is 0 Å². The van der Waals surface area contributed by atoms with Crippen LogP contribution in [-0.4, -0.2) is 6.16 Å². The van der Waals surface area contributed by atoms with E-state index in [9.17, 15) is 0 Å². The summed E-state index contributed by atoms with van der Waals surface area (Å²) >= 11 is 0. The normalized spacial score (nSPS) is 11.6. The Hall–Kier alpha value is 0.460. The first-order valence-corrected chi connectivity index (χ1v) is 3.76. The van der Waals surface area contributed by atoms with Crippen molar-refractivity contribution >= 4 is 21.6 Å². The highest BCUT2D eigenvalue weighted by molar-refractivity contribution is 7.16. The Balaban J connectivity index is 0.